The number of phenolic OH excluding ortho intramolecular Hbond substituents is 1. The minimum Gasteiger partial charge on any atom is -0.506 e. The van der Waals surface area contributed by atoms with E-state index >= 15 is 0 Å². The van der Waals surface area contributed by atoms with Crippen molar-refractivity contribution in [3.05, 3.63) is 89.9 Å². The van der Waals surface area contributed by atoms with E-state index in [1.165, 1.54) is 30.7 Å². The summed E-state index contributed by atoms with van der Waals surface area (Å²) in [5.74, 6) is -0.578. The van der Waals surface area contributed by atoms with Gasteiger partial charge in [-0.15, -0.1) is 0 Å². The molecule has 0 radical (unpaired) electrons. The number of halogens is 3. The molecule has 0 aliphatic heterocycles. The van der Waals surface area contributed by atoms with E-state index in [9.17, 15) is 23.1 Å². The Kier molecular flexibility index (Phi) is 6.11. The van der Waals surface area contributed by atoms with Crippen LogP contribution in [0.4, 0.5) is 24.8 Å². The van der Waals surface area contributed by atoms with Gasteiger partial charge in [0.2, 0.25) is 5.95 Å². The molecule has 0 fully saturated rings. The highest BCUT2D eigenvalue weighted by molar-refractivity contribution is 6.06. The number of amides is 1. The van der Waals surface area contributed by atoms with Crippen LogP contribution in [-0.2, 0) is 6.18 Å². The molecule has 8 nitrogen and oxygen atoms in total. The molecule has 11 heteroatoms. The number of aryl methyl sites for hydroxylation is 1. The van der Waals surface area contributed by atoms with E-state index in [4.69, 9.17) is 5.73 Å². The lowest BCUT2D eigenvalue weighted by molar-refractivity contribution is -0.137. The van der Waals surface area contributed by atoms with Crippen LogP contribution in [0.1, 0.15) is 21.5 Å². The van der Waals surface area contributed by atoms with Gasteiger partial charge in [-0.2, -0.15) is 13.2 Å². The van der Waals surface area contributed by atoms with Gasteiger partial charge in [0.1, 0.15) is 5.75 Å². The molecule has 0 unspecified atom stereocenters. The van der Waals surface area contributed by atoms with Crippen LogP contribution in [0.15, 0.2) is 73.2 Å². The van der Waals surface area contributed by atoms with Gasteiger partial charge in [-0.05, 0) is 60.5 Å². The van der Waals surface area contributed by atoms with Gasteiger partial charge >= 0.3 is 6.18 Å². The number of aromatic nitrogens is 4. The second kappa shape index (κ2) is 9.43. The SMILES string of the molecule is Cc1ccc(C(=O)Nc2cccc(C(F)(F)F)c2)cc1-c1cc2cnc(N)nc2c(-c2ncccn2)c1O. The average Bonchev–Trinajstić information content (AvgIpc) is 2.89. The first kappa shape index (κ1) is 24.6. The molecule has 5 aromatic rings. The van der Waals surface area contributed by atoms with Crippen molar-refractivity contribution < 1.29 is 23.1 Å². The van der Waals surface area contributed by atoms with Crippen LogP contribution in [0.5, 0.6) is 5.75 Å². The molecule has 0 saturated heterocycles. The van der Waals surface area contributed by atoms with Crippen molar-refractivity contribution in [3.8, 4) is 28.3 Å². The van der Waals surface area contributed by atoms with Crippen molar-refractivity contribution in [2.75, 3.05) is 11.1 Å². The second-order valence-electron chi connectivity index (χ2n) is 8.45. The number of nitrogens with zero attached hydrogens (tertiary/aromatic N) is 4. The maximum absolute atomic E-state index is 13.1. The zero-order chi connectivity index (χ0) is 27.0. The van der Waals surface area contributed by atoms with Crippen LogP contribution in [0.3, 0.4) is 0 Å². The van der Waals surface area contributed by atoms with Crippen molar-refractivity contribution in [2.24, 2.45) is 0 Å². The highest BCUT2D eigenvalue weighted by atomic mass is 19.4. The molecule has 38 heavy (non-hydrogen) atoms. The summed E-state index contributed by atoms with van der Waals surface area (Å²) < 4.78 is 39.2. The van der Waals surface area contributed by atoms with E-state index in [-0.39, 0.29) is 34.3 Å². The molecule has 0 aliphatic rings. The Labute approximate surface area is 214 Å². The zero-order valence-electron chi connectivity index (χ0n) is 19.8. The number of rotatable bonds is 4. The Hall–Kier alpha value is -5.06. The van der Waals surface area contributed by atoms with Crippen molar-refractivity contribution in [3.63, 3.8) is 0 Å². The lowest BCUT2D eigenvalue weighted by Gasteiger charge is -2.15. The van der Waals surface area contributed by atoms with Gasteiger partial charge in [-0.25, -0.2) is 19.9 Å². The first-order valence-electron chi connectivity index (χ1n) is 11.3. The number of alkyl halides is 3. The summed E-state index contributed by atoms with van der Waals surface area (Å²) in [6, 6.07) is 12.4. The second-order valence-corrected chi connectivity index (χ2v) is 8.45. The molecule has 3 aromatic carbocycles. The van der Waals surface area contributed by atoms with E-state index in [0.717, 1.165) is 17.7 Å². The molecule has 190 valence electrons. The minimum atomic E-state index is -4.54. The van der Waals surface area contributed by atoms with Gasteiger partial charge in [0.25, 0.3) is 5.91 Å². The Morgan fingerprint density at radius 3 is 2.47 bits per heavy atom. The van der Waals surface area contributed by atoms with Crippen molar-refractivity contribution in [1.29, 1.82) is 0 Å². The molecular formula is C27H19F3N6O2. The number of nitrogens with one attached hydrogen (secondary N) is 1. The lowest BCUT2D eigenvalue weighted by atomic mass is 9.93. The standard InChI is InChI=1S/C27H19F3N6O2/c1-14-6-7-15(25(38)35-18-5-2-4-17(12-18)27(28,29)30)10-19(14)20-11-16-13-34-26(31)36-22(16)21(23(20)37)24-32-8-3-9-33-24/h2-13,37H,1H3,(H,35,38)(H2,31,34,36). The third kappa shape index (κ3) is 4.69. The molecule has 0 atom stereocenters. The Bertz CT molecular complexity index is 1690. The van der Waals surface area contributed by atoms with Gasteiger partial charge in [-0.3, -0.25) is 4.79 Å². The van der Waals surface area contributed by atoms with E-state index < -0.39 is 17.6 Å². The molecule has 1 amide bonds. The highest BCUT2D eigenvalue weighted by Gasteiger charge is 2.30. The number of carbonyl (C=O) groups excluding carboxylic acids is 1. The Morgan fingerprint density at radius 2 is 1.74 bits per heavy atom. The number of nitrogens with two attached hydrogens (primary N) is 1. The largest absolute Gasteiger partial charge is 0.506 e. The number of nitrogen functional groups attached to an aromatic ring is 1. The van der Waals surface area contributed by atoms with Gasteiger partial charge in [0.15, 0.2) is 5.82 Å². The van der Waals surface area contributed by atoms with Gasteiger partial charge < -0.3 is 16.2 Å². The quantitative estimate of drug-likeness (QED) is 0.283. The van der Waals surface area contributed by atoms with E-state index in [1.54, 1.807) is 37.3 Å². The fraction of sp³-hybridized carbons (Fsp3) is 0.0741. The molecule has 0 spiro atoms. The number of benzene rings is 3. The van der Waals surface area contributed by atoms with Gasteiger partial charge in [0, 0.05) is 40.8 Å². The van der Waals surface area contributed by atoms with Crippen LogP contribution in [0.2, 0.25) is 0 Å². The Balaban J connectivity index is 1.60. The molecule has 0 bridgehead atoms. The number of fused-ring (bicyclic) bond motifs is 1. The van der Waals surface area contributed by atoms with Crippen molar-refractivity contribution in [2.45, 2.75) is 13.1 Å². The van der Waals surface area contributed by atoms with Gasteiger partial charge in [0.05, 0.1) is 16.6 Å². The Morgan fingerprint density at radius 1 is 0.974 bits per heavy atom. The van der Waals surface area contributed by atoms with E-state index in [0.29, 0.717) is 22.0 Å². The molecule has 4 N–H and O–H groups in total. The molecule has 5 rings (SSSR count). The van der Waals surface area contributed by atoms with Crippen LogP contribution in [0.25, 0.3) is 33.4 Å². The fourth-order valence-electron chi connectivity index (χ4n) is 4.06. The fourth-order valence-corrected chi connectivity index (χ4v) is 4.06. The summed E-state index contributed by atoms with van der Waals surface area (Å²) in [4.78, 5) is 29.8. The summed E-state index contributed by atoms with van der Waals surface area (Å²) in [5.41, 5.74) is 7.28. The molecule has 0 aliphatic carbocycles. The summed E-state index contributed by atoms with van der Waals surface area (Å²) in [5, 5.41) is 14.4. The zero-order valence-corrected chi connectivity index (χ0v) is 19.8. The highest BCUT2D eigenvalue weighted by Crippen LogP contribution is 2.43. The average molecular weight is 516 g/mol. The van der Waals surface area contributed by atoms with Crippen LogP contribution < -0.4 is 11.1 Å². The predicted octanol–water partition coefficient (Wildman–Crippen LogP) is 5.62. The summed E-state index contributed by atoms with van der Waals surface area (Å²) in [6.45, 7) is 1.80. The maximum atomic E-state index is 13.1. The lowest BCUT2D eigenvalue weighted by Crippen LogP contribution is -2.13. The van der Waals surface area contributed by atoms with Crippen molar-refractivity contribution in [1.82, 2.24) is 19.9 Å². The number of anilines is 2. The smallest absolute Gasteiger partial charge is 0.416 e. The number of hydrogen-bond donors (Lipinski definition) is 3. The van der Waals surface area contributed by atoms with Crippen LogP contribution in [-0.4, -0.2) is 30.9 Å². The summed E-state index contributed by atoms with van der Waals surface area (Å²) in [7, 11) is 0. The maximum Gasteiger partial charge on any atom is 0.416 e. The minimum absolute atomic E-state index is 0.00116. The topological polar surface area (TPSA) is 127 Å². The number of carbonyl (C=O) groups is 1. The predicted molar refractivity (Wildman–Crippen MR) is 136 cm³/mol. The number of aromatic hydroxyl groups is 1. The first-order valence-corrected chi connectivity index (χ1v) is 11.3. The third-order valence-corrected chi connectivity index (χ3v) is 5.89. The van der Waals surface area contributed by atoms with Crippen molar-refractivity contribution >= 4 is 28.4 Å². The molecule has 2 heterocycles. The van der Waals surface area contributed by atoms with Crippen LogP contribution >= 0.6 is 0 Å². The van der Waals surface area contributed by atoms with E-state index in [2.05, 4.69) is 25.3 Å². The van der Waals surface area contributed by atoms with Gasteiger partial charge in [-0.1, -0.05) is 12.1 Å². The molecule has 0 saturated carbocycles. The monoisotopic (exact) mass is 516 g/mol. The molecule has 2 aromatic heterocycles. The normalized spacial score (nSPS) is 11.5. The summed E-state index contributed by atoms with van der Waals surface area (Å²) in [6.07, 6.45) is 0.0101. The number of hydrogen-bond acceptors (Lipinski definition) is 7. The third-order valence-electron chi connectivity index (χ3n) is 5.89. The number of phenols is 1. The first-order chi connectivity index (χ1) is 18.1. The summed E-state index contributed by atoms with van der Waals surface area (Å²) >= 11 is 0. The van der Waals surface area contributed by atoms with E-state index in [1.807, 2.05) is 0 Å². The molecular weight excluding hydrogens is 497 g/mol. The van der Waals surface area contributed by atoms with Crippen LogP contribution in [0, 0.1) is 6.92 Å².